The Morgan fingerprint density at radius 2 is 2.20 bits per heavy atom. The van der Waals surface area contributed by atoms with Gasteiger partial charge in [-0.2, -0.15) is 0 Å². The van der Waals surface area contributed by atoms with Gasteiger partial charge in [-0.1, -0.05) is 11.8 Å². The third kappa shape index (κ3) is 3.81. The van der Waals surface area contributed by atoms with E-state index in [1.807, 2.05) is 11.5 Å². The van der Waals surface area contributed by atoms with E-state index in [-0.39, 0.29) is 6.61 Å². The zero-order chi connectivity index (χ0) is 11.1. The summed E-state index contributed by atoms with van der Waals surface area (Å²) in [4.78, 5) is 0. The number of nitrogens with zero attached hydrogens (tertiary/aromatic N) is 3. The molecule has 0 aliphatic heterocycles. The second-order valence-corrected chi connectivity index (χ2v) is 4.31. The Kier molecular flexibility index (Phi) is 5.67. The van der Waals surface area contributed by atoms with Gasteiger partial charge in [0.25, 0.3) is 0 Å². The molecule has 0 atom stereocenters. The summed E-state index contributed by atoms with van der Waals surface area (Å²) in [6.45, 7) is 3.56. The molecule has 3 N–H and O–H groups in total. The van der Waals surface area contributed by atoms with E-state index < -0.39 is 0 Å². The number of unbranched alkanes of at least 4 members (excludes halogenated alkanes) is 1. The molecule has 1 aromatic rings. The number of aliphatic hydroxyl groups excluding tert-OH is 1. The lowest BCUT2D eigenvalue weighted by atomic mass is 10.4. The Bertz CT molecular complexity index is 290. The number of aliphatic hydroxyl groups is 1. The molecule has 0 radical (unpaired) electrons. The monoisotopic (exact) mass is 230 g/mol. The zero-order valence-electron chi connectivity index (χ0n) is 9.02. The van der Waals surface area contributed by atoms with Gasteiger partial charge in [0.15, 0.2) is 5.16 Å². The number of hydrogen-bond donors (Lipinski definition) is 2. The summed E-state index contributed by atoms with van der Waals surface area (Å²) in [5.41, 5.74) is 5.52. The highest BCUT2D eigenvalue weighted by Gasteiger charge is 2.07. The van der Waals surface area contributed by atoms with Crippen LogP contribution in [-0.4, -0.2) is 38.8 Å². The van der Waals surface area contributed by atoms with E-state index in [2.05, 4.69) is 10.2 Å². The normalized spacial score (nSPS) is 10.9. The molecular formula is C9H18N4OS. The lowest BCUT2D eigenvalue weighted by Gasteiger charge is -2.05. The molecule has 86 valence electrons. The van der Waals surface area contributed by atoms with Crippen LogP contribution >= 0.6 is 11.8 Å². The Balaban J connectivity index is 2.45. The summed E-state index contributed by atoms with van der Waals surface area (Å²) in [5.74, 6) is 1.87. The molecule has 1 heterocycles. The number of aryl methyl sites for hydroxylation is 1. The minimum absolute atomic E-state index is 0.259. The van der Waals surface area contributed by atoms with Crippen LogP contribution in [0.15, 0.2) is 5.16 Å². The molecule has 1 rings (SSSR count). The molecule has 6 heteroatoms. The second-order valence-electron chi connectivity index (χ2n) is 3.25. The number of aromatic nitrogens is 3. The standard InChI is InChI=1S/C9H18N4OS/c1-8-11-12-9(13(8)5-4-10)15-7-3-2-6-14/h14H,2-7,10H2,1H3. The van der Waals surface area contributed by atoms with Crippen molar-refractivity contribution in [2.24, 2.45) is 5.73 Å². The van der Waals surface area contributed by atoms with Crippen molar-refractivity contribution in [3.63, 3.8) is 0 Å². The van der Waals surface area contributed by atoms with Crippen LogP contribution in [0.4, 0.5) is 0 Å². The summed E-state index contributed by atoms with van der Waals surface area (Å²) in [6, 6.07) is 0. The Morgan fingerprint density at radius 1 is 1.40 bits per heavy atom. The minimum Gasteiger partial charge on any atom is -0.396 e. The third-order valence-corrected chi connectivity index (χ3v) is 3.09. The van der Waals surface area contributed by atoms with Gasteiger partial charge in [-0.25, -0.2) is 0 Å². The number of hydrogen-bond acceptors (Lipinski definition) is 5. The molecule has 0 aliphatic carbocycles. The molecule has 0 saturated carbocycles. The van der Waals surface area contributed by atoms with E-state index in [4.69, 9.17) is 10.8 Å². The van der Waals surface area contributed by atoms with Gasteiger partial charge in [0.1, 0.15) is 5.82 Å². The first-order valence-corrected chi connectivity index (χ1v) is 6.11. The molecule has 0 aromatic carbocycles. The van der Waals surface area contributed by atoms with E-state index in [0.717, 1.165) is 36.1 Å². The fourth-order valence-corrected chi connectivity index (χ4v) is 2.24. The summed E-state index contributed by atoms with van der Waals surface area (Å²) >= 11 is 1.67. The number of nitrogens with two attached hydrogens (primary N) is 1. The number of rotatable bonds is 7. The van der Waals surface area contributed by atoms with Crippen molar-refractivity contribution in [2.45, 2.75) is 31.5 Å². The van der Waals surface area contributed by atoms with Gasteiger partial charge in [-0.15, -0.1) is 10.2 Å². The predicted molar refractivity (Wildman–Crippen MR) is 60.9 cm³/mol. The van der Waals surface area contributed by atoms with Crippen LogP contribution in [0, 0.1) is 6.92 Å². The van der Waals surface area contributed by atoms with Crippen LogP contribution in [0.2, 0.25) is 0 Å². The summed E-state index contributed by atoms with van der Waals surface area (Å²) in [5, 5.41) is 17.7. The van der Waals surface area contributed by atoms with Gasteiger partial charge in [-0.3, -0.25) is 0 Å². The SMILES string of the molecule is Cc1nnc(SCCCCO)n1CCN. The third-order valence-electron chi connectivity index (χ3n) is 2.04. The molecule has 0 aliphatic rings. The lowest BCUT2D eigenvalue weighted by Crippen LogP contribution is -2.12. The van der Waals surface area contributed by atoms with Crippen molar-refractivity contribution in [2.75, 3.05) is 18.9 Å². The highest BCUT2D eigenvalue weighted by atomic mass is 32.2. The van der Waals surface area contributed by atoms with E-state index >= 15 is 0 Å². The lowest BCUT2D eigenvalue weighted by molar-refractivity contribution is 0.287. The Labute approximate surface area is 94.1 Å². The maximum Gasteiger partial charge on any atom is 0.191 e. The minimum atomic E-state index is 0.259. The van der Waals surface area contributed by atoms with Crippen LogP contribution in [0.5, 0.6) is 0 Å². The summed E-state index contributed by atoms with van der Waals surface area (Å²) in [6.07, 6.45) is 1.84. The van der Waals surface area contributed by atoms with Gasteiger partial charge < -0.3 is 15.4 Å². The molecule has 0 fully saturated rings. The van der Waals surface area contributed by atoms with Gasteiger partial charge in [0.05, 0.1) is 0 Å². The average molecular weight is 230 g/mol. The fourth-order valence-electron chi connectivity index (χ4n) is 1.23. The molecular weight excluding hydrogens is 212 g/mol. The maximum atomic E-state index is 8.65. The van der Waals surface area contributed by atoms with Crippen LogP contribution in [0.25, 0.3) is 0 Å². The quantitative estimate of drug-likeness (QED) is 0.524. The Hall–Kier alpha value is -0.590. The van der Waals surface area contributed by atoms with Gasteiger partial charge in [-0.05, 0) is 19.8 Å². The largest absolute Gasteiger partial charge is 0.396 e. The van der Waals surface area contributed by atoms with E-state index in [1.54, 1.807) is 11.8 Å². The second kappa shape index (κ2) is 6.81. The van der Waals surface area contributed by atoms with Gasteiger partial charge >= 0.3 is 0 Å². The topological polar surface area (TPSA) is 77.0 Å². The first-order chi connectivity index (χ1) is 7.29. The summed E-state index contributed by atoms with van der Waals surface area (Å²) in [7, 11) is 0. The van der Waals surface area contributed by atoms with Crippen LogP contribution in [0.3, 0.4) is 0 Å². The van der Waals surface area contributed by atoms with E-state index in [0.29, 0.717) is 6.54 Å². The van der Waals surface area contributed by atoms with Gasteiger partial charge in [0.2, 0.25) is 0 Å². The molecule has 5 nitrogen and oxygen atoms in total. The average Bonchev–Trinajstić information content (AvgIpc) is 2.57. The maximum absolute atomic E-state index is 8.65. The highest BCUT2D eigenvalue weighted by Crippen LogP contribution is 2.17. The molecule has 1 aromatic heterocycles. The highest BCUT2D eigenvalue weighted by molar-refractivity contribution is 7.99. The first kappa shape index (κ1) is 12.5. The van der Waals surface area contributed by atoms with E-state index in [1.165, 1.54) is 0 Å². The van der Waals surface area contributed by atoms with Crippen molar-refractivity contribution in [3.8, 4) is 0 Å². The van der Waals surface area contributed by atoms with Crippen molar-refractivity contribution >= 4 is 11.8 Å². The summed E-state index contributed by atoms with van der Waals surface area (Å²) < 4.78 is 2.03. The van der Waals surface area contributed by atoms with Crippen molar-refractivity contribution < 1.29 is 5.11 Å². The predicted octanol–water partition coefficient (Wildman–Crippen LogP) is 0.410. The molecule has 0 bridgehead atoms. The molecule has 0 amide bonds. The van der Waals surface area contributed by atoms with Crippen LogP contribution in [-0.2, 0) is 6.54 Å². The van der Waals surface area contributed by atoms with Crippen molar-refractivity contribution in [3.05, 3.63) is 5.82 Å². The Morgan fingerprint density at radius 3 is 2.87 bits per heavy atom. The molecule has 0 unspecified atom stereocenters. The van der Waals surface area contributed by atoms with Crippen molar-refractivity contribution in [1.82, 2.24) is 14.8 Å². The van der Waals surface area contributed by atoms with Crippen molar-refractivity contribution in [1.29, 1.82) is 0 Å². The first-order valence-electron chi connectivity index (χ1n) is 5.13. The number of thioether (sulfide) groups is 1. The molecule has 15 heavy (non-hydrogen) atoms. The fraction of sp³-hybridized carbons (Fsp3) is 0.778. The molecule has 0 saturated heterocycles. The van der Waals surface area contributed by atoms with E-state index in [9.17, 15) is 0 Å². The van der Waals surface area contributed by atoms with Crippen LogP contribution in [0.1, 0.15) is 18.7 Å². The molecule has 0 spiro atoms. The van der Waals surface area contributed by atoms with Gasteiger partial charge in [0, 0.05) is 25.4 Å². The smallest absolute Gasteiger partial charge is 0.191 e. The van der Waals surface area contributed by atoms with Crippen LogP contribution < -0.4 is 5.73 Å². The zero-order valence-corrected chi connectivity index (χ0v) is 9.83.